The molecule has 0 fully saturated rings. The maximum absolute atomic E-state index is 9.33. The fourth-order valence-electron chi connectivity index (χ4n) is 3.96. The van der Waals surface area contributed by atoms with Gasteiger partial charge in [-0.25, -0.2) is 0 Å². The first-order chi connectivity index (χ1) is 14.7. The van der Waals surface area contributed by atoms with Crippen molar-refractivity contribution in [3.8, 4) is 6.07 Å². The Kier molecular flexibility index (Phi) is 8.63. The second-order valence-corrected chi connectivity index (χ2v) is 8.79. The van der Waals surface area contributed by atoms with Crippen molar-refractivity contribution in [2.24, 2.45) is 4.99 Å². The maximum atomic E-state index is 9.33. The minimum Gasteiger partial charge on any atom is -0.359 e. The molecule has 0 radical (unpaired) electrons. The van der Waals surface area contributed by atoms with Crippen LogP contribution in [0.2, 0.25) is 0 Å². The number of nitrogens with zero attached hydrogens (tertiary/aromatic N) is 2. The van der Waals surface area contributed by atoms with Crippen molar-refractivity contribution < 1.29 is 0 Å². The van der Waals surface area contributed by atoms with Gasteiger partial charge < -0.3 is 5.32 Å². The molecule has 0 aliphatic carbocycles. The zero-order valence-electron chi connectivity index (χ0n) is 20.4. The molecular weight excluding hydrogens is 378 g/mol. The number of benzene rings is 2. The first kappa shape index (κ1) is 24.4. The monoisotopic (exact) mass is 415 g/mol. The summed E-state index contributed by atoms with van der Waals surface area (Å²) >= 11 is 0. The summed E-state index contributed by atoms with van der Waals surface area (Å²) in [7, 11) is 0. The summed E-state index contributed by atoms with van der Waals surface area (Å²) in [5.74, 6) is 0.892. The number of rotatable bonds is 8. The van der Waals surface area contributed by atoms with Gasteiger partial charge in [-0.1, -0.05) is 59.7 Å². The van der Waals surface area contributed by atoms with E-state index in [1.165, 1.54) is 16.8 Å². The Morgan fingerprint density at radius 3 is 1.94 bits per heavy atom. The van der Waals surface area contributed by atoms with Crippen LogP contribution in [-0.2, 0) is 12.8 Å². The highest BCUT2D eigenvalue weighted by molar-refractivity contribution is 5.96. The Labute approximate surface area is 188 Å². The van der Waals surface area contributed by atoms with Crippen molar-refractivity contribution in [2.75, 3.05) is 5.32 Å². The van der Waals surface area contributed by atoms with Crippen LogP contribution in [0.15, 0.2) is 47.1 Å². The van der Waals surface area contributed by atoms with E-state index in [0.717, 1.165) is 41.1 Å². The van der Waals surface area contributed by atoms with Crippen LogP contribution in [0.1, 0.15) is 95.0 Å². The van der Waals surface area contributed by atoms with Gasteiger partial charge in [0, 0.05) is 17.1 Å². The lowest BCUT2D eigenvalue weighted by atomic mass is 9.92. The number of anilines is 1. The molecule has 0 amide bonds. The number of aliphatic imine (C=N–C) groups is 1. The smallest absolute Gasteiger partial charge is 0.0991 e. The van der Waals surface area contributed by atoms with E-state index in [0.29, 0.717) is 17.4 Å². The maximum Gasteiger partial charge on any atom is 0.0991 e. The third kappa shape index (κ3) is 6.07. The minimum atomic E-state index is 0.446. The lowest BCUT2D eigenvalue weighted by Gasteiger charge is -2.21. The Balaban J connectivity index is 2.45. The van der Waals surface area contributed by atoms with Gasteiger partial charge in [-0.2, -0.15) is 5.26 Å². The highest BCUT2D eigenvalue weighted by atomic mass is 14.9. The molecule has 0 spiro atoms. The molecule has 3 nitrogen and oxygen atoms in total. The van der Waals surface area contributed by atoms with Gasteiger partial charge in [0.25, 0.3) is 0 Å². The zero-order chi connectivity index (χ0) is 23.1. The van der Waals surface area contributed by atoms with E-state index in [1.807, 2.05) is 19.1 Å². The molecule has 0 heterocycles. The highest BCUT2D eigenvalue weighted by Gasteiger charge is 2.14. The average molecular weight is 416 g/mol. The van der Waals surface area contributed by atoms with Crippen molar-refractivity contribution >= 4 is 17.1 Å². The van der Waals surface area contributed by atoms with Gasteiger partial charge in [0.15, 0.2) is 0 Å². The molecule has 3 heteroatoms. The molecule has 2 aromatic rings. The van der Waals surface area contributed by atoms with Gasteiger partial charge in [0.1, 0.15) is 0 Å². The van der Waals surface area contributed by atoms with E-state index in [1.54, 1.807) is 0 Å². The molecule has 164 valence electrons. The van der Waals surface area contributed by atoms with Gasteiger partial charge in [-0.15, -0.1) is 0 Å². The van der Waals surface area contributed by atoms with E-state index in [-0.39, 0.29) is 0 Å². The van der Waals surface area contributed by atoms with Crippen LogP contribution >= 0.6 is 0 Å². The van der Waals surface area contributed by atoms with Crippen molar-refractivity contribution in [3.63, 3.8) is 0 Å². The predicted molar refractivity (Wildman–Crippen MR) is 135 cm³/mol. The number of nitriles is 1. The Morgan fingerprint density at radius 1 is 1.00 bits per heavy atom. The van der Waals surface area contributed by atoms with Crippen LogP contribution < -0.4 is 5.32 Å². The van der Waals surface area contributed by atoms with Gasteiger partial charge in [0.05, 0.1) is 17.3 Å². The fourth-order valence-corrected chi connectivity index (χ4v) is 3.96. The van der Waals surface area contributed by atoms with Crippen LogP contribution in [0.5, 0.6) is 0 Å². The molecule has 2 rings (SSSR count). The lowest BCUT2D eigenvalue weighted by molar-refractivity contribution is 0.837. The summed E-state index contributed by atoms with van der Waals surface area (Å²) in [5, 5.41) is 13.0. The molecule has 0 saturated carbocycles. The lowest BCUT2D eigenvalue weighted by Crippen LogP contribution is -2.07. The number of allylic oxidation sites excluding steroid dienone is 2. The van der Waals surface area contributed by atoms with Gasteiger partial charge >= 0.3 is 0 Å². The Hall–Kier alpha value is -2.86. The summed E-state index contributed by atoms with van der Waals surface area (Å²) in [4.78, 5) is 4.96. The van der Waals surface area contributed by atoms with E-state index < -0.39 is 0 Å². The number of para-hydroxylation sites is 1. The Morgan fingerprint density at radius 2 is 1.52 bits per heavy atom. The van der Waals surface area contributed by atoms with Crippen LogP contribution in [0.4, 0.5) is 11.4 Å². The molecule has 0 unspecified atom stereocenters. The molecule has 0 saturated heterocycles. The van der Waals surface area contributed by atoms with Crippen molar-refractivity contribution in [1.82, 2.24) is 0 Å². The van der Waals surface area contributed by atoms with Crippen molar-refractivity contribution in [1.29, 1.82) is 5.26 Å². The van der Waals surface area contributed by atoms with E-state index in [2.05, 4.69) is 84.1 Å². The highest BCUT2D eigenvalue weighted by Crippen LogP contribution is 2.33. The van der Waals surface area contributed by atoms with Gasteiger partial charge in [-0.3, -0.25) is 4.99 Å². The molecule has 0 bridgehead atoms. The second-order valence-electron chi connectivity index (χ2n) is 8.79. The zero-order valence-corrected chi connectivity index (χ0v) is 20.4. The van der Waals surface area contributed by atoms with Crippen LogP contribution in [0, 0.1) is 11.3 Å². The third-order valence-electron chi connectivity index (χ3n) is 5.57. The second kappa shape index (κ2) is 11.0. The van der Waals surface area contributed by atoms with E-state index in [9.17, 15) is 5.26 Å². The normalized spacial score (nSPS) is 12.4. The van der Waals surface area contributed by atoms with Crippen molar-refractivity contribution in [2.45, 2.75) is 80.1 Å². The predicted octanol–water partition coefficient (Wildman–Crippen LogP) is 8.04. The molecule has 31 heavy (non-hydrogen) atoms. The summed E-state index contributed by atoms with van der Waals surface area (Å²) in [6, 6.07) is 12.8. The molecule has 1 N–H and O–H groups in total. The molecule has 0 atom stereocenters. The Bertz CT molecular complexity index is 966. The largest absolute Gasteiger partial charge is 0.359 e. The van der Waals surface area contributed by atoms with Crippen LogP contribution in [-0.4, -0.2) is 5.71 Å². The number of hydrogen-bond donors (Lipinski definition) is 1. The minimum absolute atomic E-state index is 0.446. The standard InChI is InChI=1S/C28H37N3/c1-9-23-15-22(17-29)16-24(10-2)27(23)30-20(7)14-21(8)31-28-25(18(3)4)12-11-13-26(28)19(5)6/h11-16,18-19,31H,9-10H2,1-8H3/b21-14-,30-20?. The molecule has 0 aliphatic rings. The molecule has 0 aromatic heterocycles. The molecule has 0 aliphatic heterocycles. The van der Waals surface area contributed by atoms with Crippen LogP contribution in [0.25, 0.3) is 0 Å². The summed E-state index contributed by atoms with van der Waals surface area (Å²) in [5.41, 5.74) is 9.89. The molecule has 2 aromatic carbocycles. The SMILES string of the molecule is CCc1cc(C#N)cc(CC)c1N=C(C)/C=C(/C)Nc1c(C(C)C)cccc1C(C)C. The average Bonchev–Trinajstić information content (AvgIpc) is 2.73. The third-order valence-corrected chi connectivity index (χ3v) is 5.57. The van der Waals surface area contributed by atoms with E-state index in [4.69, 9.17) is 4.99 Å². The van der Waals surface area contributed by atoms with Gasteiger partial charge in [0.2, 0.25) is 0 Å². The number of nitrogens with one attached hydrogen (secondary N) is 1. The van der Waals surface area contributed by atoms with Gasteiger partial charge in [-0.05, 0) is 79.0 Å². The molecular formula is C28H37N3. The van der Waals surface area contributed by atoms with E-state index >= 15 is 0 Å². The summed E-state index contributed by atoms with van der Waals surface area (Å²) in [6.45, 7) is 17.3. The number of aryl methyl sites for hydroxylation is 2. The van der Waals surface area contributed by atoms with Crippen LogP contribution in [0.3, 0.4) is 0 Å². The number of hydrogen-bond acceptors (Lipinski definition) is 3. The first-order valence-electron chi connectivity index (χ1n) is 11.4. The van der Waals surface area contributed by atoms with Crippen molar-refractivity contribution in [3.05, 3.63) is 69.9 Å². The quantitative estimate of drug-likeness (QED) is 0.443. The summed E-state index contributed by atoms with van der Waals surface area (Å²) in [6.07, 6.45) is 3.82. The first-order valence-corrected chi connectivity index (χ1v) is 11.4. The fraction of sp³-hybridized carbons (Fsp3) is 0.429. The summed E-state index contributed by atoms with van der Waals surface area (Å²) < 4.78 is 0. The topological polar surface area (TPSA) is 48.2 Å².